The monoisotopic (exact) mass is 372 g/mol. The van der Waals surface area contributed by atoms with Crippen LogP contribution in [0.2, 0.25) is 0 Å². The Morgan fingerprint density at radius 2 is 1.86 bits per heavy atom. The van der Waals surface area contributed by atoms with E-state index in [2.05, 4.69) is 20.7 Å². The van der Waals surface area contributed by atoms with Crippen LogP contribution in [0.4, 0.5) is 15.8 Å². The van der Waals surface area contributed by atoms with E-state index >= 15 is 0 Å². The largest absolute Gasteiger partial charge is 0.398 e. The summed E-state index contributed by atoms with van der Waals surface area (Å²) < 4.78 is 41.6. The average Bonchev–Trinajstić information content (AvgIpc) is 2.38. The SMILES string of the molecule is Cc1cc(Br)c(N)cc1S(=O)(=O)Nc1c(C)cccc1F. The molecule has 0 aliphatic rings. The van der Waals surface area contributed by atoms with Crippen molar-refractivity contribution in [3.05, 3.63) is 51.7 Å². The highest BCUT2D eigenvalue weighted by atomic mass is 79.9. The Hall–Kier alpha value is -1.60. The molecule has 0 saturated heterocycles. The topological polar surface area (TPSA) is 72.2 Å². The maximum Gasteiger partial charge on any atom is 0.262 e. The first-order valence-electron chi connectivity index (χ1n) is 6.06. The number of anilines is 2. The molecule has 0 aliphatic carbocycles. The molecule has 0 atom stereocenters. The van der Waals surface area contributed by atoms with Crippen molar-refractivity contribution in [1.82, 2.24) is 0 Å². The minimum Gasteiger partial charge on any atom is -0.398 e. The van der Waals surface area contributed by atoms with E-state index in [1.54, 1.807) is 26.0 Å². The summed E-state index contributed by atoms with van der Waals surface area (Å²) in [6.07, 6.45) is 0. The fourth-order valence-corrected chi connectivity index (χ4v) is 3.77. The summed E-state index contributed by atoms with van der Waals surface area (Å²) in [7, 11) is -3.92. The van der Waals surface area contributed by atoms with E-state index in [1.807, 2.05) is 0 Å². The molecule has 0 radical (unpaired) electrons. The molecule has 7 heteroatoms. The number of nitrogens with one attached hydrogen (secondary N) is 1. The number of halogens is 2. The van der Waals surface area contributed by atoms with Crippen molar-refractivity contribution in [1.29, 1.82) is 0 Å². The lowest BCUT2D eigenvalue weighted by Crippen LogP contribution is -2.16. The van der Waals surface area contributed by atoms with Gasteiger partial charge in [-0.1, -0.05) is 12.1 Å². The van der Waals surface area contributed by atoms with E-state index in [0.717, 1.165) is 0 Å². The zero-order valence-electron chi connectivity index (χ0n) is 11.4. The lowest BCUT2D eigenvalue weighted by molar-refractivity contribution is 0.598. The van der Waals surface area contributed by atoms with Crippen molar-refractivity contribution in [3.8, 4) is 0 Å². The van der Waals surface area contributed by atoms with Gasteiger partial charge in [-0.15, -0.1) is 0 Å². The Morgan fingerprint density at radius 3 is 2.48 bits per heavy atom. The maximum atomic E-state index is 13.8. The van der Waals surface area contributed by atoms with E-state index in [4.69, 9.17) is 5.73 Å². The van der Waals surface area contributed by atoms with Crippen LogP contribution in [-0.2, 0) is 10.0 Å². The Morgan fingerprint density at radius 1 is 1.19 bits per heavy atom. The van der Waals surface area contributed by atoms with Gasteiger partial charge in [0.1, 0.15) is 5.82 Å². The lowest BCUT2D eigenvalue weighted by atomic mass is 10.2. The van der Waals surface area contributed by atoms with Gasteiger partial charge in [-0.05, 0) is 59.1 Å². The predicted molar refractivity (Wildman–Crippen MR) is 85.2 cm³/mol. The Bertz CT molecular complexity index is 787. The quantitative estimate of drug-likeness (QED) is 0.808. The van der Waals surface area contributed by atoms with Gasteiger partial charge in [0.2, 0.25) is 0 Å². The van der Waals surface area contributed by atoms with Gasteiger partial charge in [0.15, 0.2) is 0 Å². The summed E-state index contributed by atoms with van der Waals surface area (Å²) in [4.78, 5) is 0.0193. The van der Waals surface area contributed by atoms with Crippen molar-refractivity contribution in [2.45, 2.75) is 18.7 Å². The summed E-state index contributed by atoms with van der Waals surface area (Å²) in [5, 5.41) is 0. The third kappa shape index (κ3) is 3.19. The fourth-order valence-electron chi connectivity index (χ4n) is 1.91. The molecule has 21 heavy (non-hydrogen) atoms. The number of sulfonamides is 1. The van der Waals surface area contributed by atoms with E-state index in [-0.39, 0.29) is 10.6 Å². The van der Waals surface area contributed by atoms with Crippen LogP contribution in [0.3, 0.4) is 0 Å². The van der Waals surface area contributed by atoms with Gasteiger partial charge in [-0.3, -0.25) is 4.72 Å². The second-order valence-corrected chi connectivity index (χ2v) is 7.18. The lowest BCUT2D eigenvalue weighted by Gasteiger charge is -2.14. The third-order valence-electron chi connectivity index (χ3n) is 3.04. The first-order chi connectivity index (χ1) is 9.72. The number of nitrogen functional groups attached to an aromatic ring is 1. The zero-order valence-corrected chi connectivity index (χ0v) is 13.8. The second-order valence-electron chi connectivity index (χ2n) is 4.68. The average molecular weight is 373 g/mol. The van der Waals surface area contributed by atoms with Gasteiger partial charge >= 0.3 is 0 Å². The van der Waals surface area contributed by atoms with Crippen molar-refractivity contribution < 1.29 is 12.8 Å². The van der Waals surface area contributed by atoms with Crippen LogP contribution >= 0.6 is 15.9 Å². The molecule has 0 heterocycles. The number of rotatable bonds is 3. The molecule has 0 fully saturated rings. The first kappa shape index (κ1) is 15.8. The molecular weight excluding hydrogens is 359 g/mol. The van der Waals surface area contributed by atoms with Crippen LogP contribution < -0.4 is 10.5 Å². The summed E-state index contributed by atoms with van der Waals surface area (Å²) in [6.45, 7) is 3.27. The Balaban J connectivity index is 2.51. The zero-order chi connectivity index (χ0) is 15.8. The van der Waals surface area contributed by atoms with Gasteiger partial charge in [0.05, 0.1) is 10.6 Å². The van der Waals surface area contributed by atoms with Crippen LogP contribution in [0.25, 0.3) is 0 Å². The molecule has 0 unspecified atom stereocenters. The molecule has 0 aliphatic heterocycles. The van der Waals surface area contributed by atoms with Crippen LogP contribution in [0.15, 0.2) is 39.7 Å². The molecule has 2 aromatic rings. The predicted octanol–water partition coefficient (Wildman–Crippen LogP) is 3.59. The van der Waals surface area contributed by atoms with E-state index in [9.17, 15) is 12.8 Å². The van der Waals surface area contributed by atoms with Crippen LogP contribution in [0.1, 0.15) is 11.1 Å². The van der Waals surface area contributed by atoms with E-state index in [0.29, 0.717) is 21.3 Å². The van der Waals surface area contributed by atoms with Crippen LogP contribution in [0, 0.1) is 19.7 Å². The summed E-state index contributed by atoms with van der Waals surface area (Å²) in [6, 6.07) is 7.30. The van der Waals surface area contributed by atoms with Gasteiger partial charge < -0.3 is 5.73 Å². The highest BCUT2D eigenvalue weighted by Crippen LogP contribution is 2.29. The molecule has 0 spiro atoms. The minimum atomic E-state index is -3.92. The van der Waals surface area contributed by atoms with Crippen LogP contribution in [-0.4, -0.2) is 8.42 Å². The summed E-state index contributed by atoms with van der Waals surface area (Å²) in [5.74, 6) is -0.624. The van der Waals surface area contributed by atoms with Crippen molar-refractivity contribution in [2.75, 3.05) is 10.5 Å². The molecule has 2 rings (SSSR count). The highest BCUT2D eigenvalue weighted by molar-refractivity contribution is 9.10. The van der Waals surface area contributed by atoms with E-state index < -0.39 is 15.8 Å². The Kier molecular flexibility index (Phi) is 4.25. The number of nitrogens with two attached hydrogens (primary N) is 1. The van der Waals surface area contributed by atoms with Gasteiger partial charge in [-0.25, -0.2) is 12.8 Å². The molecule has 0 bridgehead atoms. The molecular formula is C14H14BrFN2O2S. The normalized spacial score (nSPS) is 11.4. The van der Waals surface area contributed by atoms with Gasteiger partial charge in [0, 0.05) is 10.2 Å². The third-order valence-corrected chi connectivity index (χ3v) is 5.22. The molecule has 3 N–H and O–H groups in total. The van der Waals surface area contributed by atoms with E-state index in [1.165, 1.54) is 18.2 Å². The highest BCUT2D eigenvalue weighted by Gasteiger charge is 2.20. The number of benzene rings is 2. The first-order valence-corrected chi connectivity index (χ1v) is 8.33. The minimum absolute atomic E-state index is 0.0193. The van der Waals surface area contributed by atoms with Crippen molar-refractivity contribution >= 4 is 37.3 Å². The Labute approximate surface area is 131 Å². The standard InChI is InChI=1S/C14H14BrFN2O2S/c1-8-4-3-5-11(16)14(8)18-21(19,20)13-7-12(17)10(15)6-9(13)2/h3-7,18H,17H2,1-2H3. The molecule has 2 aromatic carbocycles. The molecule has 0 amide bonds. The van der Waals surface area contributed by atoms with Crippen LogP contribution in [0.5, 0.6) is 0 Å². The smallest absolute Gasteiger partial charge is 0.262 e. The van der Waals surface area contributed by atoms with Crippen molar-refractivity contribution in [3.63, 3.8) is 0 Å². The van der Waals surface area contributed by atoms with Gasteiger partial charge in [-0.2, -0.15) is 0 Å². The number of aryl methyl sites for hydroxylation is 2. The molecule has 4 nitrogen and oxygen atoms in total. The number of para-hydroxylation sites is 1. The molecule has 112 valence electrons. The van der Waals surface area contributed by atoms with Crippen molar-refractivity contribution in [2.24, 2.45) is 0 Å². The number of hydrogen-bond donors (Lipinski definition) is 2. The van der Waals surface area contributed by atoms with Gasteiger partial charge in [0.25, 0.3) is 10.0 Å². The molecule has 0 aromatic heterocycles. The summed E-state index contributed by atoms with van der Waals surface area (Å²) in [5.41, 5.74) is 6.98. The fraction of sp³-hybridized carbons (Fsp3) is 0.143. The molecule has 0 saturated carbocycles. The maximum absolute atomic E-state index is 13.8. The second kappa shape index (κ2) is 5.65. The summed E-state index contributed by atoms with van der Waals surface area (Å²) >= 11 is 3.24. The number of hydrogen-bond acceptors (Lipinski definition) is 3.